The SMILES string of the molecule is COc1cccc(C(=O)NC(=N)Nc2nc(C)c3ccccc3n2)c1. The summed E-state index contributed by atoms with van der Waals surface area (Å²) in [6.07, 6.45) is 0. The lowest BCUT2D eigenvalue weighted by molar-refractivity contribution is 0.0976. The van der Waals surface area contributed by atoms with Crippen molar-refractivity contribution in [3.63, 3.8) is 0 Å². The van der Waals surface area contributed by atoms with Crippen molar-refractivity contribution in [2.45, 2.75) is 6.92 Å². The highest BCUT2D eigenvalue weighted by molar-refractivity contribution is 6.08. The van der Waals surface area contributed by atoms with Gasteiger partial charge in [0, 0.05) is 10.9 Å². The normalized spacial score (nSPS) is 10.3. The first-order valence-electron chi connectivity index (χ1n) is 7.61. The molecule has 0 aliphatic carbocycles. The second-order valence-electron chi connectivity index (χ2n) is 5.34. The number of hydrogen-bond donors (Lipinski definition) is 3. The average Bonchev–Trinajstić information content (AvgIpc) is 2.61. The van der Waals surface area contributed by atoms with Gasteiger partial charge in [0.15, 0.2) is 0 Å². The largest absolute Gasteiger partial charge is 0.497 e. The molecular weight excluding hydrogens is 318 g/mol. The van der Waals surface area contributed by atoms with Gasteiger partial charge in [-0.2, -0.15) is 0 Å². The number of aryl methyl sites for hydroxylation is 1. The number of fused-ring (bicyclic) bond motifs is 1. The van der Waals surface area contributed by atoms with Crippen LogP contribution in [0.25, 0.3) is 10.9 Å². The Morgan fingerprint density at radius 2 is 1.92 bits per heavy atom. The van der Waals surface area contributed by atoms with E-state index in [4.69, 9.17) is 10.1 Å². The number of methoxy groups -OCH3 is 1. The number of rotatable bonds is 3. The summed E-state index contributed by atoms with van der Waals surface area (Å²) in [5, 5.41) is 14.0. The fourth-order valence-corrected chi connectivity index (χ4v) is 2.38. The molecule has 0 fully saturated rings. The van der Waals surface area contributed by atoms with Gasteiger partial charge in [0.2, 0.25) is 11.9 Å². The average molecular weight is 335 g/mol. The highest BCUT2D eigenvalue weighted by Gasteiger charge is 2.11. The number of guanidine groups is 1. The number of nitrogens with zero attached hydrogens (tertiary/aromatic N) is 2. The van der Waals surface area contributed by atoms with Crippen LogP contribution in [-0.4, -0.2) is 28.9 Å². The van der Waals surface area contributed by atoms with Gasteiger partial charge in [-0.05, 0) is 31.2 Å². The van der Waals surface area contributed by atoms with Crippen LogP contribution in [0, 0.1) is 12.3 Å². The number of hydrogen-bond acceptors (Lipinski definition) is 5. The van der Waals surface area contributed by atoms with Crippen molar-refractivity contribution in [2.75, 3.05) is 12.4 Å². The molecule has 1 amide bonds. The Hall–Kier alpha value is -3.48. The third-order valence-electron chi connectivity index (χ3n) is 3.60. The fraction of sp³-hybridized carbons (Fsp3) is 0.111. The number of para-hydroxylation sites is 1. The molecular formula is C18H17N5O2. The summed E-state index contributed by atoms with van der Waals surface area (Å²) in [7, 11) is 1.53. The highest BCUT2D eigenvalue weighted by atomic mass is 16.5. The second kappa shape index (κ2) is 6.96. The molecule has 0 bridgehead atoms. The van der Waals surface area contributed by atoms with Crippen molar-refractivity contribution in [3.8, 4) is 5.75 Å². The van der Waals surface area contributed by atoms with E-state index in [0.29, 0.717) is 11.3 Å². The van der Waals surface area contributed by atoms with Crippen LogP contribution in [0.4, 0.5) is 5.95 Å². The van der Waals surface area contributed by atoms with E-state index >= 15 is 0 Å². The molecule has 0 unspecified atom stereocenters. The summed E-state index contributed by atoms with van der Waals surface area (Å²) < 4.78 is 5.09. The second-order valence-corrected chi connectivity index (χ2v) is 5.34. The first kappa shape index (κ1) is 16.4. The van der Waals surface area contributed by atoms with Crippen LogP contribution in [0.15, 0.2) is 48.5 Å². The maximum absolute atomic E-state index is 12.2. The van der Waals surface area contributed by atoms with Crippen molar-refractivity contribution in [2.24, 2.45) is 0 Å². The van der Waals surface area contributed by atoms with Crippen molar-refractivity contribution < 1.29 is 9.53 Å². The van der Waals surface area contributed by atoms with E-state index in [0.717, 1.165) is 16.6 Å². The summed E-state index contributed by atoms with van der Waals surface area (Å²) >= 11 is 0. The lowest BCUT2D eigenvalue weighted by atomic mass is 10.2. The van der Waals surface area contributed by atoms with Gasteiger partial charge >= 0.3 is 0 Å². The lowest BCUT2D eigenvalue weighted by Crippen LogP contribution is -2.35. The van der Waals surface area contributed by atoms with Crippen molar-refractivity contribution >= 4 is 28.7 Å². The molecule has 0 atom stereocenters. The van der Waals surface area contributed by atoms with E-state index in [2.05, 4.69) is 20.6 Å². The minimum absolute atomic E-state index is 0.206. The monoisotopic (exact) mass is 335 g/mol. The number of benzene rings is 2. The molecule has 0 saturated heterocycles. The van der Waals surface area contributed by atoms with E-state index in [1.54, 1.807) is 24.3 Å². The molecule has 2 aromatic carbocycles. The van der Waals surface area contributed by atoms with Crippen LogP contribution in [-0.2, 0) is 0 Å². The third-order valence-corrected chi connectivity index (χ3v) is 3.60. The van der Waals surface area contributed by atoms with Crippen LogP contribution < -0.4 is 15.4 Å². The smallest absolute Gasteiger partial charge is 0.258 e. The number of anilines is 1. The molecule has 0 aliphatic rings. The fourth-order valence-electron chi connectivity index (χ4n) is 2.38. The van der Waals surface area contributed by atoms with Gasteiger partial charge in [0.1, 0.15) is 5.75 Å². The maximum atomic E-state index is 12.2. The van der Waals surface area contributed by atoms with Gasteiger partial charge in [0.25, 0.3) is 5.91 Å². The van der Waals surface area contributed by atoms with Crippen LogP contribution in [0.2, 0.25) is 0 Å². The van der Waals surface area contributed by atoms with Gasteiger partial charge in [-0.15, -0.1) is 0 Å². The van der Waals surface area contributed by atoms with E-state index in [9.17, 15) is 4.79 Å². The first-order chi connectivity index (χ1) is 12.1. The minimum atomic E-state index is -0.422. The zero-order valence-corrected chi connectivity index (χ0v) is 13.8. The van der Waals surface area contributed by atoms with Crippen LogP contribution in [0.5, 0.6) is 5.75 Å². The van der Waals surface area contributed by atoms with E-state index < -0.39 is 5.91 Å². The van der Waals surface area contributed by atoms with E-state index in [1.807, 2.05) is 31.2 Å². The molecule has 3 aromatic rings. The first-order valence-corrected chi connectivity index (χ1v) is 7.61. The Labute approximate surface area is 144 Å². The molecule has 0 radical (unpaired) electrons. The number of carbonyl (C=O) groups is 1. The van der Waals surface area contributed by atoms with Gasteiger partial charge in [0.05, 0.1) is 18.3 Å². The Morgan fingerprint density at radius 1 is 1.12 bits per heavy atom. The van der Waals surface area contributed by atoms with Crippen molar-refractivity contribution in [1.82, 2.24) is 15.3 Å². The Balaban J connectivity index is 1.73. The quantitative estimate of drug-likeness (QED) is 0.505. The number of aromatic nitrogens is 2. The standard InChI is InChI=1S/C18H17N5O2/c1-11-14-8-3-4-9-15(14)21-18(20-11)23-17(19)22-16(24)12-6-5-7-13(10-12)25-2/h3-10H,1-2H3,(H3,19,20,21,22,23,24). The molecule has 0 aliphatic heterocycles. The summed E-state index contributed by atoms with van der Waals surface area (Å²) in [6.45, 7) is 1.87. The molecule has 3 rings (SSSR count). The molecule has 7 nitrogen and oxygen atoms in total. The van der Waals surface area contributed by atoms with Crippen molar-refractivity contribution in [3.05, 3.63) is 59.8 Å². The summed E-state index contributed by atoms with van der Waals surface area (Å²) in [5.74, 6) is 0.198. The number of nitrogens with one attached hydrogen (secondary N) is 3. The summed E-state index contributed by atoms with van der Waals surface area (Å²) in [6, 6.07) is 14.3. The summed E-state index contributed by atoms with van der Waals surface area (Å²) in [5.41, 5.74) is 1.95. The molecule has 3 N–H and O–H groups in total. The van der Waals surface area contributed by atoms with Crippen LogP contribution in [0.1, 0.15) is 16.1 Å². The number of ether oxygens (including phenoxy) is 1. The number of carbonyl (C=O) groups excluding carboxylic acids is 1. The van der Waals surface area contributed by atoms with Gasteiger partial charge < -0.3 is 4.74 Å². The minimum Gasteiger partial charge on any atom is -0.497 e. The Kier molecular flexibility index (Phi) is 4.56. The zero-order chi connectivity index (χ0) is 17.8. The van der Waals surface area contributed by atoms with Gasteiger partial charge in [-0.3, -0.25) is 20.8 Å². The molecule has 25 heavy (non-hydrogen) atoms. The zero-order valence-electron chi connectivity index (χ0n) is 13.8. The molecule has 126 valence electrons. The van der Waals surface area contributed by atoms with E-state index in [-0.39, 0.29) is 11.9 Å². The Morgan fingerprint density at radius 3 is 2.72 bits per heavy atom. The predicted octanol–water partition coefficient (Wildman–Crippen LogP) is 2.72. The van der Waals surface area contributed by atoms with Gasteiger partial charge in [-0.25, -0.2) is 9.97 Å². The molecule has 1 aromatic heterocycles. The lowest BCUT2D eigenvalue weighted by Gasteiger charge is -2.10. The molecule has 0 saturated carbocycles. The maximum Gasteiger partial charge on any atom is 0.258 e. The van der Waals surface area contributed by atoms with Crippen LogP contribution in [0.3, 0.4) is 0 Å². The topological polar surface area (TPSA) is 100.0 Å². The predicted molar refractivity (Wildman–Crippen MR) is 96.1 cm³/mol. The number of amides is 1. The van der Waals surface area contributed by atoms with Crippen molar-refractivity contribution in [1.29, 1.82) is 5.41 Å². The molecule has 7 heteroatoms. The van der Waals surface area contributed by atoms with Gasteiger partial charge in [-0.1, -0.05) is 24.3 Å². The third kappa shape index (κ3) is 3.72. The molecule has 0 spiro atoms. The molecule has 1 heterocycles. The highest BCUT2D eigenvalue weighted by Crippen LogP contribution is 2.16. The van der Waals surface area contributed by atoms with Crippen LogP contribution >= 0.6 is 0 Å². The summed E-state index contributed by atoms with van der Waals surface area (Å²) in [4.78, 5) is 20.9. The Bertz CT molecular complexity index is 955. The van der Waals surface area contributed by atoms with E-state index in [1.165, 1.54) is 7.11 Å².